The molecule has 0 fully saturated rings. The molecule has 96 valence electrons. The van der Waals surface area contributed by atoms with Crippen LogP contribution in [0.2, 0.25) is 0 Å². The molecule has 0 unspecified atom stereocenters. The minimum absolute atomic E-state index is 0.0445. The number of rotatable bonds is 4. The molecular weight excluding hydrogens is 240 g/mol. The zero-order chi connectivity index (χ0) is 13.7. The smallest absolute Gasteiger partial charge is 0.253 e. The third-order valence-electron chi connectivity index (χ3n) is 2.71. The van der Waals surface area contributed by atoms with Crippen LogP contribution in [0.15, 0.2) is 54.6 Å². The van der Waals surface area contributed by atoms with Gasteiger partial charge in [-0.05, 0) is 12.1 Å². The van der Waals surface area contributed by atoms with Crippen molar-refractivity contribution >= 4 is 17.4 Å². The first-order valence-electron chi connectivity index (χ1n) is 5.89. The van der Waals surface area contributed by atoms with E-state index >= 15 is 0 Å². The lowest BCUT2D eigenvalue weighted by molar-refractivity contribution is 0.0904. The summed E-state index contributed by atoms with van der Waals surface area (Å²) in [6.07, 6.45) is 0. The van der Waals surface area contributed by atoms with Gasteiger partial charge in [0.25, 0.3) is 5.91 Å². The van der Waals surface area contributed by atoms with Gasteiger partial charge in [0.2, 0.25) is 0 Å². The van der Waals surface area contributed by atoms with Gasteiger partial charge in [0.05, 0.1) is 12.1 Å². The number of Topliss-reactive ketones (excluding diaryl/α,β-unsaturated/α-hetero) is 1. The number of anilines is 1. The number of nitrogens with two attached hydrogens (primary N) is 1. The molecule has 4 nitrogen and oxygen atoms in total. The molecule has 0 radical (unpaired) electrons. The summed E-state index contributed by atoms with van der Waals surface area (Å²) >= 11 is 0. The van der Waals surface area contributed by atoms with Gasteiger partial charge in [0.15, 0.2) is 5.78 Å². The molecule has 0 heterocycles. The van der Waals surface area contributed by atoms with Crippen molar-refractivity contribution in [3.63, 3.8) is 0 Å². The summed E-state index contributed by atoms with van der Waals surface area (Å²) in [6, 6.07) is 15.6. The van der Waals surface area contributed by atoms with Crippen molar-refractivity contribution in [1.82, 2.24) is 5.32 Å². The van der Waals surface area contributed by atoms with Crippen molar-refractivity contribution in [1.29, 1.82) is 0 Å². The van der Waals surface area contributed by atoms with E-state index in [9.17, 15) is 9.59 Å². The van der Waals surface area contributed by atoms with Crippen molar-refractivity contribution in [2.45, 2.75) is 0 Å². The van der Waals surface area contributed by atoms with Crippen molar-refractivity contribution in [2.24, 2.45) is 0 Å². The van der Waals surface area contributed by atoms with Gasteiger partial charge < -0.3 is 11.1 Å². The van der Waals surface area contributed by atoms with E-state index in [2.05, 4.69) is 5.32 Å². The first-order chi connectivity index (χ1) is 9.18. The molecule has 0 aromatic heterocycles. The molecule has 0 aliphatic carbocycles. The molecule has 4 heteroatoms. The van der Waals surface area contributed by atoms with E-state index in [1.54, 1.807) is 48.5 Å². The molecule has 0 bridgehead atoms. The minimum Gasteiger partial charge on any atom is -0.398 e. The zero-order valence-electron chi connectivity index (χ0n) is 10.3. The molecular formula is C15H14N2O2. The predicted octanol–water partition coefficient (Wildman–Crippen LogP) is 1.88. The number of carbonyl (C=O) groups excluding carboxylic acids is 2. The Bertz CT molecular complexity index is 594. The fourth-order valence-electron chi connectivity index (χ4n) is 1.69. The predicted molar refractivity (Wildman–Crippen MR) is 74.0 cm³/mol. The summed E-state index contributed by atoms with van der Waals surface area (Å²) in [5, 5.41) is 2.57. The van der Waals surface area contributed by atoms with Crippen LogP contribution in [0.3, 0.4) is 0 Å². The number of benzene rings is 2. The Morgan fingerprint density at radius 1 is 0.947 bits per heavy atom. The highest BCUT2D eigenvalue weighted by molar-refractivity contribution is 6.04. The van der Waals surface area contributed by atoms with Gasteiger partial charge in [-0.3, -0.25) is 9.59 Å². The minimum atomic E-state index is -0.345. The maximum atomic E-state index is 11.9. The third kappa shape index (κ3) is 3.19. The number of nitrogens with one attached hydrogen (secondary N) is 1. The van der Waals surface area contributed by atoms with E-state index in [4.69, 9.17) is 5.73 Å². The van der Waals surface area contributed by atoms with E-state index < -0.39 is 0 Å². The number of ketones is 1. The van der Waals surface area contributed by atoms with Crippen molar-refractivity contribution in [3.05, 3.63) is 65.7 Å². The number of para-hydroxylation sites is 1. The normalized spacial score (nSPS) is 9.89. The molecule has 1 amide bonds. The second kappa shape index (κ2) is 5.82. The van der Waals surface area contributed by atoms with E-state index in [-0.39, 0.29) is 18.2 Å². The Kier molecular flexibility index (Phi) is 3.93. The molecule has 0 saturated carbocycles. The van der Waals surface area contributed by atoms with Crippen LogP contribution < -0.4 is 11.1 Å². The van der Waals surface area contributed by atoms with Gasteiger partial charge >= 0.3 is 0 Å². The summed E-state index contributed by atoms with van der Waals surface area (Å²) in [6.45, 7) is -0.0445. The summed E-state index contributed by atoms with van der Waals surface area (Å²) in [7, 11) is 0. The van der Waals surface area contributed by atoms with E-state index in [0.717, 1.165) is 0 Å². The van der Waals surface area contributed by atoms with Crippen LogP contribution in [0.5, 0.6) is 0 Å². The average Bonchev–Trinajstić information content (AvgIpc) is 2.46. The number of nitrogen functional groups attached to an aromatic ring is 1. The Balaban J connectivity index is 1.98. The standard InChI is InChI=1S/C15H14N2O2/c16-13-9-5-4-8-12(13)15(19)17-10-14(18)11-6-2-1-3-7-11/h1-9H,10,16H2,(H,17,19). The highest BCUT2D eigenvalue weighted by atomic mass is 16.2. The fourth-order valence-corrected chi connectivity index (χ4v) is 1.69. The topological polar surface area (TPSA) is 72.2 Å². The Hall–Kier alpha value is -2.62. The lowest BCUT2D eigenvalue weighted by atomic mass is 10.1. The molecule has 0 aliphatic rings. The first-order valence-corrected chi connectivity index (χ1v) is 5.89. The van der Waals surface area contributed by atoms with Crippen LogP contribution in [0.1, 0.15) is 20.7 Å². The van der Waals surface area contributed by atoms with Gasteiger partial charge in [-0.25, -0.2) is 0 Å². The van der Waals surface area contributed by atoms with Crippen LogP contribution >= 0.6 is 0 Å². The van der Waals surface area contributed by atoms with E-state index in [1.807, 2.05) is 6.07 Å². The Morgan fingerprint density at radius 3 is 2.26 bits per heavy atom. The Labute approximate surface area is 111 Å². The van der Waals surface area contributed by atoms with Crippen LogP contribution in [0.4, 0.5) is 5.69 Å². The second-order valence-corrected chi connectivity index (χ2v) is 4.06. The molecule has 2 aromatic carbocycles. The summed E-state index contributed by atoms with van der Waals surface area (Å²) < 4.78 is 0. The molecule has 3 N–H and O–H groups in total. The van der Waals surface area contributed by atoms with Crippen molar-refractivity contribution in [3.8, 4) is 0 Å². The van der Waals surface area contributed by atoms with Gasteiger partial charge in [0.1, 0.15) is 0 Å². The fraction of sp³-hybridized carbons (Fsp3) is 0.0667. The molecule has 2 aromatic rings. The van der Waals surface area contributed by atoms with Gasteiger partial charge in [-0.15, -0.1) is 0 Å². The SMILES string of the molecule is Nc1ccccc1C(=O)NCC(=O)c1ccccc1. The van der Waals surface area contributed by atoms with Gasteiger partial charge in [0, 0.05) is 11.3 Å². The number of amides is 1. The van der Waals surface area contributed by atoms with Crippen LogP contribution in [0, 0.1) is 0 Å². The second-order valence-electron chi connectivity index (χ2n) is 4.06. The lowest BCUT2D eigenvalue weighted by Gasteiger charge is -2.06. The van der Waals surface area contributed by atoms with Crippen LogP contribution in [-0.4, -0.2) is 18.2 Å². The zero-order valence-corrected chi connectivity index (χ0v) is 10.3. The molecule has 2 rings (SSSR count). The molecule has 19 heavy (non-hydrogen) atoms. The summed E-state index contributed by atoms with van der Waals surface area (Å²) in [5.41, 5.74) is 7.04. The van der Waals surface area contributed by atoms with Gasteiger partial charge in [-0.2, -0.15) is 0 Å². The molecule has 0 aliphatic heterocycles. The average molecular weight is 254 g/mol. The van der Waals surface area contributed by atoms with Crippen LogP contribution in [-0.2, 0) is 0 Å². The summed E-state index contributed by atoms with van der Waals surface area (Å²) in [5.74, 6) is -0.481. The van der Waals surface area contributed by atoms with Gasteiger partial charge in [-0.1, -0.05) is 42.5 Å². The number of hydrogen-bond donors (Lipinski definition) is 2. The molecule has 0 saturated heterocycles. The highest BCUT2D eigenvalue weighted by Crippen LogP contribution is 2.09. The molecule has 0 spiro atoms. The first kappa shape index (κ1) is 12.8. The van der Waals surface area contributed by atoms with E-state index in [0.29, 0.717) is 16.8 Å². The van der Waals surface area contributed by atoms with Crippen molar-refractivity contribution < 1.29 is 9.59 Å². The number of hydrogen-bond acceptors (Lipinski definition) is 3. The maximum absolute atomic E-state index is 11.9. The largest absolute Gasteiger partial charge is 0.398 e. The monoisotopic (exact) mass is 254 g/mol. The van der Waals surface area contributed by atoms with Crippen LogP contribution in [0.25, 0.3) is 0 Å². The summed E-state index contributed by atoms with van der Waals surface area (Å²) in [4.78, 5) is 23.7. The highest BCUT2D eigenvalue weighted by Gasteiger charge is 2.11. The number of carbonyl (C=O) groups is 2. The van der Waals surface area contributed by atoms with Crippen molar-refractivity contribution in [2.75, 3.05) is 12.3 Å². The lowest BCUT2D eigenvalue weighted by Crippen LogP contribution is -2.30. The quantitative estimate of drug-likeness (QED) is 0.646. The van der Waals surface area contributed by atoms with E-state index in [1.165, 1.54) is 0 Å². The maximum Gasteiger partial charge on any atom is 0.253 e. The third-order valence-corrected chi connectivity index (χ3v) is 2.71. The Morgan fingerprint density at radius 2 is 1.58 bits per heavy atom. The molecule has 0 atom stereocenters.